The van der Waals surface area contributed by atoms with Crippen LogP contribution in [0.2, 0.25) is 0 Å². The van der Waals surface area contributed by atoms with Gasteiger partial charge in [-0.3, -0.25) is 0 Å². The van der Waals surface area contributed by atoms with Gasteiger partial charge < -0.3 is 9.05 Å². The van der Waals surface area contributed by atoms with Crippen molar-refractivity contribution in [3.05, 3.63) is 102 Å². The molecule has 3 heteroatoms. The number of benzene rings is 4. The third-order valence-electron chi connectivity index (χ3n) is 4.36. The van der Waals surface area contributed by atoms with Crippen LogP contribution >= 0.6 is 8.38 Å². The third kappa shape index (κ3) is 4.30. The van der Waals surface area contributed by atoms with Crippen LogP contribution in [-0.4, -0.2) is 0 Å². The third-order valence-corrected chi connectivity index (χ3v) is 5.82. The first-order valence-electron chi connectivity index (χ1n) is 8.96. The molecule has 0 bridgehead atoms. The zero-order valence-corrected chi connectivity index (χ0v) is 16.3. The highest BCUT2D eigenvalue weighted by atomic mass is 31.2. The summed E-state index contributed by atoms with van der Waals surface area (Å²) in [6, 6.07) is 30.9. The second-order valence-corrected chi connectivity index (χ2v) is 7.99. The first kappa shape index (κ1) is 17.6. The van der Waals surface area contributed by atoms with Crippen LogP contribution in [0.25, 0.3) is 10.8 Å². The van der Waals surface area contributed by atoms with E-state index in [4.69, 9.17) is 9.05 Å². The van der Waals surface area contributed by atoms with Crippen molar-refractivity contribution in [3.63, 3.8) is 0 Å². The van der Waals surface area contributed by atoms with Crippen molar-refractivity contribution >= 4 is 24.5 Å². The lowest BCUT2D eigenvalue weighted by atomic mass is 10.1. The number of fused-ring (bicyclic) bond motifs is 1. The lowest BCUT2D eigenvalue weighted by Gasteiger charge is -2.19. The maximum Gasteiger partial charge on any atom is 0.326 e. The van der Waals surface area contributed by atoms with Crippen molar-refractivity contribution in [1.29, 1.82) is 0 Å². The van der Waals surface area contributed by atoms with Gasteiger partial charge in [0.15, 0.2) is 0 Å². The molecule has 0 saturated heterocycles. The molecular formula is C24H21O2P. The molecular weight excluding hydrogens is 351 g/mol. The Morgan fingerprint density at radius 3 is 1.63 bits per heavy atom. The summed E-state index contributed by atoms with van der Waals surface area (Å²) in [5, 5.41) is 3.44. The normalized spacial score (nSPS) is 10.9. The van der Waals surface area contributed by atoms with E-state index in [1.54, 1.807) is 0 Å². The first-order valence-corrected chi connectivity index (χ1v) is 10.1. The van der Waals surface area contributed by atoms with Gasteiger partial charge in [0.05, 0.1) is 5.30 Å². The maximum absolute atomic E-state index is 6.28. The predicted molar refractivity (Wildman–Crippen MR) is 114 cm³/mol. The van der Waals surface area contributed by atoms with Crippen LogP contribution in [0.15, 0.2) is 91.0 Å². The summed E-state index contributed by atoms with van der Waals surface area (Å²) < 4.78 is 12.6. The van der Waals surface area contributed by atoms with Gasteiger partial charge in [-0.15, -0.1) is 0 Å². The Labute approximate surface area is 161 Å². The van der Waals surface area contributed by atoms with Crippen molar-refractivity contribution in [2.24, 2.45) is 0 Å². The highest BCUT2D eigenvalue weighted by Gasteiger charge is 2.19. The van der Waals surface area contributed by atoms with Gasteiger partial charge in [0.1, 0.15) is 11.5 Å². The number of rotatable bonds is 5. The molecule has 2 nitrogen and oxygen atoms in total. The zero-order valence-electron chi connectivity index (χ0n) is 15.4. The minimum Gasteiger partial charge on any atom is -0.435 e. The van der Waals surface area contributed by atoms with Gasteiger partial charge in [0.25, 0.3) is 0 Å². The van der Waals surface area contributed by atoms with Crippen molar-refractivity contribution in [1.82, 2.24) is 0 Å². The molecule has 0 radical (unpaired) electrons. The highest BCUT2D eigenvalue weighted by molar-refractivity contribution is 7.56. The first-order chi connectivity index (χ1) is 13.2. The van der Waals surface area contributed by atoms with Crippen LogP contribution in [0.4, 0.5) is 0 Å². The Kier molecular flexibility index (Phi) is 5.09. The van der Waals surface area contributed by atoms with E-state index in [1.165, 1.54) is 21.9 Å². The Bertz CT molecular complexity index is 992. The molecule has 0 aromatic heterocycles. The maximum atomic E-state index is 6.28. The Balaban J connectivity index is 1.68. The van der Waals surface area contributed by atoms with Gasteiger partial charge in [-0.05, 0) is 61.0 Å². The molecule has 0 heterocycles. The molecule has 0 N–H and O–H groups in total. The molecule has 0 fully saturated rings. The van der Waals surface area contributed by atoms with E-state index >= 15 is 0 Å². The van der Waals surface area contributed by atoms with Crippen LogP contribution in [0.5, 0.6) is 11.5 Å². The molecule has 4 aromatic carbocycles. The van der Waals surface area contributed by atoms with E-state index in [-0.39, 0.29) is 0 Å². The molecule has 0 atom stereocenters. The summed E-state index contributed by atoms with van der Waals surface area (Å²) in [5.41, 5.74) is 2.41. The average molecular weight is 372 g/mol. The van der Waals surface area contributed by atoms with E-state index in [1.807, 2.05) is 24.3 Å². The Morgan fingerprint density at radius 2 is 1.07 bits per heavy atom. The van der Waals surface area contributed by atoms with E-state index < -0.39 is 8.38 Å². The standard InChI is InChI=1S/C24H21O2P/c1-18-7-12-22(13-8-18)25-27(26-23-14-9-19(2)10-15-23)24-16-11-20-5-3-4-6-21(20)17-24/h3-17H,1-2H3. The summed E-state index contributed by atoms with van der Waals surface area (Å²) in [4.78, 5) is 0. The molecule has 4 aromatic rings. The molecule has 0 saturated carbocycles. The van der Waals surface area contributed by atoms with Gasteiger partial charge in [-0.1, -0.05) is 65.7 Å². The van der Waals surface area contributed by atoms with Crippen LogP contribution in [0.3, 0.4) is 0 Å². The van der Waals surface area contributed by atoms with Crippen molar-refractivity contribution in [2.45, 2.75) is 13.8 Å². The van der Waals surface area contributed by atoms with E-state index in [9.17, 15) is 0 Å². The topological polar surface area (TPSA) is 18.5 Å². The molecule has 0 spiro atoms. The number of hydrogen-bond acceptors (Lipinski definition) is 2. The lowest BCUT2D eigenvalue weighted by Crippen LogP contribution is -2.10. The Morgan fingerprint density at radius 1 is 0.556 bits per heavy atom. The molecule has 0 aliphatic heterocycles. The summed E-state index contributed by atoms with van der Waals surface area (Å²) in [6.45, 7) is 4.14. The lowest BCUT2D eigenvalue weighted by molar-refractivity contribution is 0.502. The zero-order chi connectivity index (χ0) is 18.6. The van der Waals surface area contributed by atoms with Gasteiger partial charge in [-0.2, -0.15) is 0 Å². The van der Waals surface area contributed by atoms with Crippen molar-refractivity contribution in [2.75, 3.05) is 0 Å². The van der Waals surface area contributed by atoms with Crippen LogP contribution in [0, 0.1) is 13.8 Å². The molecule has 0 aliphatic carbocycles. The predicted octanol–water partition coefficient (Wildman–Crippen LogP) is 6.55. The van der Waals surface area contributed by atoms with E-state index in [0.717, 1.165) is 16.8 Å². The minimum atomic E-state index is -1.30. The van der Waals surface area contributed by atoms with E-state index in [2.05, 4.69) is 80.6 Å². The van der Waals surface area contributed by atoms with Crippen molar-refractivity contribution < 1.29 is 9.05 Å². The van der Waals surface area contributed by atoms with Crippen LogP contribution in [-0.2, 0) is 0 Å². The smallest absolute Gasteiger partial charge is 0.326 e. The molecule has 4 rings (SSSR count). The fraction of sp³-hybridized carbons (Fsp3) is 0.0833. The largest absolute Gasteiger partial charge is 0.435 e. The summed E-state index contributed by atoms with van der Waals surface area (Å²) >= 11 is 0. The van der Waals surface area contributed by atoms with Crippen molar-refractivity contribution in [3.8, 4) is 11.5 Å². The van der Waals surface area contributed by atoms with Gasteiger partial charge in [0.2, 0.25) is 0 Å². The number of hydrogen-bond donors (Lipinski definition) is 0. The average Bonchev–Trinajstić information content (AvgIpc) is 2.70. The van der Waals surface area contributed by atoms with E-state index in [0.29, 0.717) is 0 Å². The second kappa shape index (κ2) is 7.82. The number of aryl methyl sites for hydroxylation is 2. The fourth-order valence-corrected chi connectivity index (χ4v) is 4.12. The highest BCUT2D eigenvalue weighted by Crippen LogP contribution is 2.40. The van der Waals surface area contributed by atoms with Gasteiger partial charge in [0, 0.05) is 0 Å². The van der Waals surface area contributed by atoms with Crippen LogP contribution < -0.4 is 14.4 Å². The summed E-state index contributed by atoms with van der Waals surface area (Å²) in [6.07, 6.45) is 0. The van der Waals surface area contributed by atoms with Gasteiger partial charge >= 0.3 is 8.38 Å². The quantitative estimate of drug-likeness (QED) is 0.370. The summed E-state index contributed by atoms with van der Waals surface area (Å²) in [5.74, 6) is 1.62. The van der Waals surface area contributed by atoms with Gasteiger partial charge in [-0.25, -0.2) is 0 Å². The minimum absolute atomic E-state index is 0.812. The summed E-state index contributed by atoms with van der Waals surface area (Å²) in [7, 11) is -1.30. The molecule has 134 valence electrons. The monoisotopic (exact) mass is 372 g/mol. The molecule has 0 aliphatic rings. The SMILES string of the molecule is Cc1ccc(OP(Oc2ccc(C)cc2)c2ccc3ccccc3c2)cc1. The fourth-order valence-electron chi connectivity index (χ4n) is 2.80. The molecule has 27 heavy (non-hydrogen) atoms. The second-order valence-electron chi connectivity index (χ2n) is 6.60. The molecule has 0 unspecified atom stereocenters. The Hall–Kier alpha value is -2.83. The van der Waals surface area contributed by atoms with Crippen LogP contribution in [0.1, 0.15) is 11.1 Å². The molecule has 0 amide bonds.